The number of aryl methyl sites for hydroxylation is 1. The van der Waals surface area contributed by atoms with Gasteiger partial charge < -0.3 is 39.7 Å². The highest BCUT2D eigenvalue weighted by molar-refractivity contribution is 6.30. The summed E-state index contributed by atoms with van der Waals surface area (Å²) in [6.45, 7) is 2.33. The highest BCUT2D eigenvalue weighted by atomic mass is 16.7. The van der Waals surface area contributed by atoms with E-state index in [1.54, 1.807) is 6.92 Å². The van der Waals surface area contributed by atoms with Crippen LogP contribution in [0, 0.1) is 6.92 Å². The molecule has 5 N–H and O–H groups in total. The van der Waals surface area contributed by atoms with E-state index in [0.717, 1.165) is 19.1 Å². The number of aromatic hydroxyl groups is 2. The molecule has 11 heteroatoms. The SMILES string of the molecule is CC(=O)OCC1OC(Oc2cc(C)cc3c2C(=O)c2c(O)cc(O)cc2C3=O)C(O)C(O)C1O. The van der Waals surface area contributed by atoms with Crippen molar-refractivity contribution in [3.05, 3.63) is 52.1 Å². The molecule has 0 amide bonds. The van der Waals surface area contributed by atoms with Gasteiger partial charge in [-0.2, -0.15) is 0 Å². The minimum absolute atomic E-state index is 0.0557. The highest BCUT2D eigenvalue weighted by Gasteiger charge is 2.46. The molecule has 5 unspecified atom stereocenters. The molecule has 5 atom stereocenters. The van der Waals surface area contributed by atoms with Crippen molar-refractivity contribution in [1.82, 2.24) is 0 Å². The van der Waals surface area contributed by atoms with Crippen LogP contribution in [0.4, 0.5) is 0 Å². The van der Waals surface area contributed by atoms with Gasteiger partial charge in [-0.05, 0) is 30.7 Å². The number of benzene rings is 2. The minimum Gasteiger partial charge on any atom is -0.508 e. The van der Waals surface area contributed by atoms with Crippen LogP contribution < -0.4 is 4.74 Å². The molecular weight excluding hydrogens is 452 g/mol. The number of phenols is 2. The summed E-state index contributed by atoms with van der Waals surface area (Å²) in [5, 5.41) is 50.8. The van der Waals surface area contributed by atoms with Crippen LogP contribution in [0.25, 0.3) is 0 Å². The number of carbonyl (C=O) groups is 3. The molecule has 1 fully saturated rings. The van der Waals surface area contributed by atoms with Crippen LogP contribution in [-0.2, 0) is 14.3 Å². The van der Waals surface area contributed by atoms with Gasteiger partial charge >= 0.3 is 5.97 Å². The maximum atomic E-state index is 13.3. The maximum Gasteiger partial charge on any atom is 0.302 e. The number of ether oxygens (including phenoxy) is 3. The Balaban J connectivity index is 1.73. The first kappa shape index (κ1) is 23.6. The molecule has 2 aliphatic rings. The summed E-state index contributed by atoms with van der Waals surface area (Å²) in [4.78, 5) is 37.5. The number of carbonyl (C=O) groups excluding carboxylic acids is 3. The fourth-order valence-electron chi connectivity index (χ4n) is 4.04. The number of rotatable bonds is 4. The molecular formula is C23H22O11. The number of aliphatic hydroxyl groups is 3. The Labute approximate surface area is 192 Å². The zero-order chi connectivity index (χ0) is 24.9. The lowest BCUT2D eigenvalue weighted by molar-refractivity contribution is -0.278. The Morgan fingerprint density at radius 1 is 0.941 bits per heavy atom. The fraction of sp³-hybridized carbons (Fsp3) is 0.348. The molecule has 180 valence electrons. The summed E-state index contributed by atoms with van der Waals surface area (Å²) in [7, 11) is 0. The molecule has 34 heavy (non-hydrogen) atoms. The maximum absolute atomic E-state index is 13.3. The second-order valence-corrected chi connectivity index (χ2v) is 8.17. The number of esters is 1. The third-order valence-electron chi connectivity index (χ3n) is 5.65. The number of hydrogen-bond donors (Lipinski definition) is 5. The van der Waals surface area contributed by atoms with E-state index in [0.29, 0.717) is 5.56 Å². The van der Waals surface area contributed by atoms with Crippen LogP contribution >= 0.6 is 0 Å². The quantitative estimate of drug-likeness (QED) is 0.319. The van der Waals surface area contributed by atoms with Gasteiger partial charge in [-0.1, -0.05) is 0 Å². The molecule has 1 aliphatic carbocycles. The second-order valence-electron chi connectivity index (χ2n) is 8.17. The number of ketones is 2. The Kier molecular flexibility index (Phi) is 6.04. The molecule has 4 rings (SSSR count). The van der Waals surface area contributed by atoms with E-state index in [2.05, 4.69) is 0 Å². The van der Waals surface area contributed by atoms with Gasteiger partial charge in [0.2, 0.25) is 12.1 Å². The van der Waals surface area contributed by atoms with E-state index in [9.17, 15) is 39.9 Å². The molecule has 0 spiro atoms. The topological polar surface area (TPSA) is 180 Å². The fourth-order valence-corrected chi connectivity index (χ4v) is 4.04. The monoisotopic (exact) mass is 474 g/mol. The lowest BCUT2D eigenvalue weighted by atomic mass is 9.82. The zero-order valence-corrected chi connectivity index (χ0v) is 18.1. The van der Waals surface area contributed by atoms with Crippen molar-refractivity contribution in [3.8, 4) is 17.2 Å². The molecule has 0 saturated carbocycles. The third kappa shape index (κ3) is 3.99. The van der Waals surface area contributed by atoms with Crippen molar-refractivity contribution in [3.63, 3.8) is 0 Å². The summed E-state index contributed by atoms with van der Waals surface area (Å²) in [6, 6.07) is 4.84. The zero-order valence-electron chi connectivity index (χ0n) is 18.1. The first-order chi connectivity index (χ1) is 16.0. The van der Waals surface area contributed by atoms with E-state index >= 15 is 0 Å². The number of fused-ring (bicyclic) bond motifs is 2. The van der Waals surface area contributed by atoms with Gasteiger partial charge in [0.25, 0.3) is 0 Å². The van der Waals surface area contributed by atoms with Gasteiger partial charge in [0, 0.05) is 24.1 Å². The first-order valence-corrected chi connectivity index (χ1v) is 10.3. The van der Waals surface area contributed by atoms with E-state index < -0.39 is 66.3 Å². The summed E-state index contributed by atoms with van der Waals surface area (Å²) in [5.74, 6) is -3.23. The summed E-state index contributed by atoms with van der Waals surface area (Å²) in [5.41, 5.74) is -0.264. The van der Waals surface area contributed by atoms with Gasteiger partial charge in [-0.25, -0.2) is 0 Å². The Hall–Kier alpha value is -3.51. The Bertz CT molecular complexity index is 1190. The third-order valence-corrected chi connectivity index (χ3v) is 5.65. The number of hydrogen-bond acceptors (Lipinski definition) is 11. The van der Waals surface area contributed by atoms with Crippen LogP contribution in [0.3, 0.4) is 0 Å². The van der Waals surface area contributed by atoms with Crippen LogP contribution in [0.5, 0.6) is 17.2 Å². The molecule has 0 bridgehead atoms. The van der Waals surface area contributed by atoms with Crippen molar-refractivity contribution in [2.45, 2.75) is 44.6 Å². The summed E-state index contributed by atoms with van der Waals surface area (Å²) in [6.07, 6.45) is -7.95. The molecule has 11 nitrogen and oxygen atoms in total. The van der Waals surface area contributed by atoms with Crippen molar-refractivity contribution >= 4 is 17.5 Å². The average molecular weight is 474 g/mol. The van der Waals surface area contributed by atoms with Gasteiger partial charge in [0.15, 0.2) is 5.78 Å². The number of aliphatic hydroxyl groups excluding tert-OH is 3. The summed E-state index contributed by atoms with van der Waals surface area (Å²) >= 11 is 0. The molecule has 0 radical (unpaired) electrons. The van der Waals surface area contributed by atoms with E-state index in [1.165, 1.54) is 12.1 Å². The van der Waals surface area contributed by atoms with E-state index in [1.807, 2.05) is 0 Å². The van der Waals surface area contributed by atoms with Crippen LogP contribution in [0.1, 0.15) is 44.3 Å². The number of phenolic OH excluding ortho intramolecular Hbond substituents is 2. The van der Waals surface area contributed by atoms with E-state index in [4.69, 9.17) is 14.2 Å². The van der Waals surface area contributed by atoms with Crippen molar-refractivity contribution in [2.24, 2.45) is 0 Å². The Morgan fingerprint density at radius 2 is 1.62 bits per heavy atom. The second kappa shape index (κ2) is 8.69. The van der Waals surface area contributed by atoms with Gasteiger partial charge in [-0.15, -0.1) is 0 Å². The first-order valence-electron chi connectivity index (χ1n) is 10.3. The lowest BCUT2D eigenvalue weighted by Crippen LogP contribution is -2.60. The Morgan fingerprint density at radius 3 is 2.29 bits per heavy atom. The smallest absolute Gasteiger partial charge is 0.302 e. The van der Waals surface area contributed by atoms with Crippen molar-refractivity contribution in [2.75, 3.05) is 6.61 Å². The highest BCUT2D eigenvalue weighted by Crippen LogP contribution is 2.40. The molecule has 0 aromatic heterocycles. The van der Waals surface area contributed by atoms with Gasteiger partial charge in [0.05, 0.1) is 11.1 Å². The predicted octanol–water partition coefficient (Wildman–Crippen LogP) is -0.0689. The normalized spacial score (nSPS) is 26.0. The lowest BCUT2D eigenvalue weighted by Gasteiger charge is -2.40. The predicted molar refractivity (Wildman–Crippen MR) is 112 cm³/mol. The summed E-state index contributed by atoms with van der Waals surface area (Å²) < 4.78 is 16.0. The van der Waals surface area contributed by atoms with E-state index in [-0.39, 0.29) is 28.0 Å². The van der Waals surface area contributed by atoms with Crippen molar-refractivity contribution in [1.29, 1.82) is 0 Å². The minimum atomic E-state index is -1.76. The molecule has 1 heterocycles. The van der Waals surface area contributed by atoms with Crippen LogP contribution in [0.15, 0.2) is 24.3 Å². The largest absolute Gasteiger partial charge is 0.508 e. The molecule has 1 saturated heterocycles. The van der Waals surface area contributed by atoms with Gasteiger partial charge in [0.1, 0.15) is 48.3 Å². The van der Waals surface area contributed by atoms with Gasteiger partial charge in [-0.3, -0.25) is 14.4 Å². The molecule has 1 aliphatic heterocycles. The standard InChI is InChI=1S/C23H22O11/c1-8-3-11-17(20(29)16-12(18(11)27)5-10(25)6-13(16)26)14(4-8)33-23-22(31)21(30)19(28)15(34-23)7-32-9(2)24/h3-6,15,19,21-23,25-26,28,30-31H,7H2,1-2H3. The van der Waals surface area contributed by atoms with Crippen molar-refractivity contribution < 1.29 is 54.1 Å². The average Bonchev–Trinajstić information content (AvgIpc) is 2.76. The van der Waals surface area contributed by atoms with Crippen LogP contribution in [-0.4, -0.2) is 80.4 Å². The van der Waals surface area contributed by atoms with Crippen LogP contribution in [0.2, 0.25) is 0 Å². The molecule has 2 aromatic rings. The molecule has 2 aromatic carbocycles.